The lowest BCUT2D eigenvalue weighted by Crippen LogP contribution is -2.60. The predicted octanol–water partition coefficient (Wildman–Crippen LogP) is 3.98. The lowest BCUT2D eigenvalue weighted by molar-refractivity contribution is -0.171. The monoisotopic (exact) mass is 415 g/mol. The summed E-state index contributed by atoms with van der Waals surface area (Å²) in [6.45, 7) is 3.57. The molecule has 2 N–H and O–H groups in total. The Kier molecular flexibility index (Phi) is 7.83. The Morgan fingerprint density at radius 1 is 1.00 bits per heavy atom. The molecule has 7 heteroatoms. The van der Waals surface area contributed by atoms with Crippen molar-refractivity contribution >= 4 is 11.9 Å². The zero-order chi connectivity index (χ0) is 22.3. The highest BCUT2D eigenvalue weighted by Gasteiger charge is 2.52. The van der Waals surface area contributed by atoms with Crippen molar-refractivity contribution < 1.29 is 29.3 Å². The minimum Gasteiger partial charge on any atom is -0.497 e. The van der Waals surface area contributed by atoms with Crippen molar-refractivity contribution in [1.82, 2.24) is 4.90 Å². The first-order chi connectivity index (χ1) is 14.3. The number of carboxylic acid groups (broad SMARTS) is 2. The minimum absolute atomic E-state index is 0.0764. The van der Waals surface area contributed by atoms with Gasteiger partial charge < -0.3 is 19.7 Å². The molecule has 0 aliphatic heterocycles. The Morgan fingerprint density at radius 2 is 1.63 bits per heavy atom. The number of hydrogen-bond acceptors (Lipinski definition) is 5. The van der Waals surface area contributed by atoms with E-state index >= 15 is 0 Å². The summed E-state index contributed by atoms with van der Waals surface area (Å²) in [4.78, 5) is 26.3. The van der Waals surface area contributed by atoms with Crippen LogP contribution >= 0.6 is 0 Å². The van der Waals surface area contributed by atoms with E-state index < -0.39 is 23.5 Å². The van der Waals surface area contributed by atoms with Crippen LogP contribution in [0.3, 0.4) is 0 Å². The van der Waals surface area contributed by atoms with Crippen LogP contribution in [0.2, 0.25) is 0 Å². The fourth-order valence-corrected chi connectivity index (χ4v) is 3.83. The van der Waals surface area contributed by atoms with E-state index in [1.165, 1.54) is 7.11 Å². The van der Waals surface area contributed by atoms with Crippen molar-refractivity contribution in [3.63, 3.8) is 0 Å². The molecule has 2 aromatic rings. The molecule has 0 amide bonds. The van der Waals surface area contributed by atoms with Crippen LogP contribution in [0.25, 0.3) is 0 Å². The van der Waals surface area contributed by atoms with E-state index in [9.17, 15) is 19.8 Å². The van der Waals surface area contributed by atoms with E-state index in [0.29, 0.717) is 23.5 Å². The van der Waals surface area contributed by atoms with Gasteiger partial charge >= 0.3 is 11.9 Å². The zero-order valence-electron chi connectivity index (χ0n) is 17.8. The number of aliphatic carboxylic acids is 2. The molecule has 0 spiro atoms. The maximum Gasteiger partial charge on any atom is 0.335 e. The molecule has 2 rings (SSSR count). The van der Waals surface area contributed by atoms with Crippen LogP contribution in [0.1, 0.15) is 43.9 Å². The number of carboxylic acids is 2. The van der Waals surface area contributed by atoms with E-state index in [2.05, 4.69) is 0 Å². The minimum atomic E-state index is -2.10. The molecule has 2 aromatic carbocycles. The van der Waals surface area contributed by atoms with Gasteiger partial charge in [0, 0.05) is 24.2 Å². The number of benzene rings is 2. The molecule has 0 bridgehead atoms. The number of rotatable bonds is 11. The predicted molar refractivity (Wildman–Crippen MR) is 113 cm³/mol. The number of methoxy groups -OCH3 is 2. The number of nitrogens with zero attached hydrogens (tertiary/aromatic N) is 1. The highest BCUT2D eigenvalue weighted by atomic mass is 16.5. The van der Waals surface area contributed by atoms with Crippen molar-refractivity contribution in [3.8, 4) is 11.5 Å². The lowest BCUT2D eigenvalue weighted by atomic mass is 9.88. The van der Waals surface area contributed by atoms with Gasteiger partial charge in [0.15, 0.2) is 0 Å². The van der Waals surface area contributed by atoms with E-state index in [4.69, 9.17) is 9.47 Å². The third-order valence-electron chi connectivity index (χ3n) is 5.49. The third-order valence-corrected chi connectivity index (χ3v) is 5.49. The normalized spacial score (nSPS) is 12.4. The molecule has 0 aromatic heterocycles. The quantitative estimate of drug-likeness (QED) is 0.536. The van der Waals surface area contributed by atoms with Crippen LogP contribution in [-0.2, 0) is 16.1 Å². The van der Waals surface area contributed by atoms with Crippen LogP contribution in [-0.4, -0.2) is 46.8 Å². The average Bonchev–Trinajstić information content (AvgIpc) is 2.75. The van der Waals surface area contributed by atoms with Gasteiger partial charge in [0.1, 0.15) is 11.5 Å². The van der Waals surface area contributed by atoms with Crippen molar-refractivity contribution in [2.75, 3.05) is 14.2 Å². The summed E-state index contributed by atoms with van der Waals surface area (Å²) in [6, 6.07) is 14.2. The van der Waals surface area contributed by atoms with E-state index in [1.54, 1.807) is 37.1 Å². The number of ether oxygens (including phenoxy) is 2. The summed E-state index contributed by atoms with van der Waals surface area (Å²) in [5.74, 6) is -1.68. The Labute approximate surface area is 176 Å². The molecule has 0 heterocycles. The second kappa shape index (κ2) is 10.1. The van der Waals surface area contributed by atoms with Crippen molar-refractivity contribution in [2.24, 2.45) is 0 Å². The summed E-state index contributed by atoms with van der Waals surface area (Å²) in [7, 11) is 3.05. The molecule has 1 atom stereocenters. The number of hydrogen-bond donors (Lipinski definition) is 2. The number of carbonyl (C=O) groups is 2. The molecule has 30 heavy (non-hydrogen) atoms. The molecule has 0 radical (unpaired) electrons. The lowest BCUT2D eigenvalue weighted by Gasteiger charge is -2.42. The first kappa shape index (κ1) is 23.2. The summed E-state index contributed by atoms with van der Waals surface area (Å²) in [6.07, 6.45) is 0.435. The van der Waals surface area contributed by atoms with Gasteiger partial charge in [0.05, 0.1) is 14.2 Å². The topological polar surface area (TPSA) is 96.3 Å². The highest BCUT2D eigenvalue weighted by molar-refractivity contribution is 6.03. The SMILES string of the molecule is CCC(c1ccccc1)N(Cc1ccc(OC)cc1OC)C(CC)(C(=O)O)C(=O)O. The fourth-order valence-electron chi connectivity index (χ4n) is 3.83. The van der Waals surface area contributed by atoms with Gasteiger partial charge in [-0.2, -0.15) is 0 Å². The summed E-state index contributed by atoms with van der Waals surface area (Å²) in [5, 5.41) is 20.1. The largest absolute Gasteiger partial charge is 0.497 e. The molecule has 0 aliphatic rings. The Balaban J connectivity index is 2.67. The van der Waals surface area contributed by atoms with Gasteiger partial charge in [0.25, 0.3) is 0 Å². The maximum absolute atomic E-state index is 12.4. The van der Waals surface area contributed by atoms with Crippen LogP contribution < -0.4 is 9.47 Å². The molecule has 0 fully saturated rings. The molecule has 0 saturated heterocycles. The average molecular weight is 415 g/mol. The third kappa shape index (κ3) is 4.41. The second-order valence-electron chi connectivity index (χ2n) is 6.96. The van der Waals surface area contributed by atoms with Crippen LogP contribution in [0.5, 0.6) is 11.5 Å². The van der Waals surface area contributed by atoms with Crippen molar-refractivity contribution in [1.29, 1.82) is 0 Å². The van der Waals surface area contributed by atoms with Crippen molar-refractivity contribution in [2.45, 2.75) is 44.8 Å². The van der Waals surface area contributed by atoms with E-state index in [0.717, 1.165) is 5.56 Å². The molecule has 162 valence electrons. The molecule has 0 saturated carbocycles. The summed E-state index contributed by atoms with van der Waals surface area (Å²) < 4.78 is 10.7. The first-order valence-electron chi connectivity index (χ1n) is 9.85. The standard InChI is InChI=1S/C23H29NO6/c1-5-19(16-10-8-7-9-11-16)24(23(6-2,21(25)26)22(27)28)15-17-12-13-18(29-3)14-20(17)30-4/h7-14,19H,5-6,15H2,1-4H3,(H,25,26)(H,27,28). The molecule has 1 unspecified atom stereocenters. The van der Waals surface area contributed by atoms with Crippen LogP contribution in [0, 0.1) is 0 Å². The Bertz CT molecular complexity index is 853. The van der Waals surface area contributed by atoms with E-state index in [-0.39, 0.29) is 13.0 Å². The molecule has 0 aliphatic carbocycles. The zero-order valence-corrected chi connectivity index (χ0v) is 17.8. The fraction of sp³-hybridized carbons (Fsp3) is 0.391. The Hall–Kier alpha value is -3.06. The van der Waals surface area contributed by atoms with Crippen LogP contribution in [0.4, 0.5) is 0 Å². The molecular weight excluding hydrogens is 386 g/mol. The van der Waals surface area contributed by atoms with Crippen molar-refractivity contribution in [3.05, 3.63) is 59.7 Å². The van der Waals surface area contributed by atoms with Gasteiger partial charge in [-0.25, -0.2) is 9.59 Å². The van der Waals surface area contributed by atoms with Gasteiger partial charge in [0.2, 0.25) is 5.54 Å². The van der Waals surface area contributed by atoms with Crippen LogP contribution in [0.15, 0.2) is 48.5 Å². The molecular formula is C23H29NO6. The first-order valence-corrected chi connectivity index (χ1v) is 9.85. The van der Waals surface area contributed by atoms with Gasteiger partial charge in [-0.3, -0.25) is 4.90 Å². The van der Waals surface area contributed by atoms with Gasteiger partial charge in [-0.05, 0) is 24.5 Å². The van der Waals surface area contributed by atoms with Gasteiger partial charge in [-0.1, -0.05) is 50.2 Å². The molecule has 7 nitrogen and oxygen atoms in total. The second-order valence-corrected chi connectivity index (χ2v) is 6.96. The maximum atomic E-state index is 12.4. The highest BCUT2D eigenvalue weighted by Crippen LogP contribution is 2.37. The summed E-state index contributed by atoms with van der Waals surface area (Å²) >= 11 is 0. The van der Waals surface area contributed by atoms with E-state index in [1.807, 2.05) is 37.3 Å². The summed E-state index contributed by atoms with van der Waals surface area (Å²) in [5.41, 5.74) is -0.567. The Morgan fingerprint density at radius 3 is 2.10 bits per heavy atom. The smallest absolute Gasteiger partial charge is 0.335 e. The van der Waals surface area contributed by atoms with Gasteiger partial charge in [-0.15, -0.1) is 0 Å².